The van der Waals surface area contributed by atoms with E-state index >= 15 is 0 Å². The highest BCUT2D eigenvalue weighted by atomic mass is 16.5. The lowest BCUT2D eigenvalue weighted by molar-refractivity contribution is 0.0600. The molecule has 0 aliphatic carbocycles. The molecule has 0 bridgehead atoms. The Bertz CT molecular complexity index is 949. The van der Waals surface area contributed by atoms with E-state index in [1.807, 2.05) is 17.0 Å². The number of piperazine rings is 1. The van der Waals surface area contributed by atoms with E-state index in [4.69, 9.17) is 9.47 Å². The fourth-order valence-corrected chi connectivity index (χ4v) is 4.66. The van der Waals surface area contributed by atoms with Gasteiger partial charge < -0.3 is 24.2 Å². The summed E-state index contributed by atoms with van der Waals surface area (Å²) in [4.78, 5) is 31.3. The zero-order valence-corrected chi connectivity index (χ0v) is 20.1. The van der Waals surface area contributed by atoms with Gasteiger partial charge in [-0.2, -0.15) is 0 Å². The van der Waals surface area contributed by atoms with Crippen molar-refractivity contribution in [2.24, 2.45) is 0 Å². The number of carbonyl (C=O) groups is 2. The number of likely N-dealkylation sites (tertiary alicyclic amines) is 1. The van der Waals surface area contributed by atoms with E-state index in [0.29, 0.717) is 24.2 Å². The van der Waals surface area contributed by atoms with Crippen molar-refractivity contribution >= 4 is 17.6 Å². The largest absolute Gasteiger partial charge is 0.494 e. The molecule has 34 heavy (non-hydrogen) atoms. The van der Waals surface area contributed by atoms with Crippen LogP contribution in [0.25, 0.3) is 0 Å². The smallest absolute Gasteiger partial charge is 0.337 e. The standard InChI is InChI=1S/C27H35N3O4/c1-33-27(32)23-8-5-7-22(21-23)26(31)30-18-16-29(17-19-30)24-9-11-25(12-10-24)34-20-6-15-28-13-3-2-4-14-28/h5,7-12,21H,2-4,6,13-20H2,1H3. The number of rotatable bonds is 8. The lowest BCUT2D eigenvalue weighted by atomic mass is 10.1. The Kier molecular flexibility index (Phi) is 8.41. The highest BCUT2D eigenvalue weighted by Crippen LogP contribution is 2.22. The summed E-state index contributed by atoms with van der Waals surface area (Å²) in [5, 5.41) is 0. The van der Waals surface area contributed by atoms with Gasteiger partial charge in [-0.15, -0.1) is 0 Å². The summed E-state index contributed by atoms with van der Waals surface area (Å²) in [5.74, 6) is 0.411. The Labute approximate surface area is 202 Å². The molecule has 2 aliphatic heterocycles. The molecule has 2 heterocycles. The van der Waals surface area contributed by atoms with E-state index in [-0.39, 0.29) is 5.91 Å². The molecule has 2 aliphatic rings. The molecule has 182 valence electrons. The minimum absolute atomic E-state index is 0.0568. The van der Waals surface area contributed by atoms with Gasteiger partial charge in [0.2, 0.25) is 0 Å². The summed E-state index contributed by atoms with van der Waals surface area (Å²) in [6, 6.07) is 15.0. The molecule has 1 amide bonds. The van der Waals surface area contributed by atoms with Crippen molar-refractivity contribution in [3.8, 4) is 5.75 Å². The molecule has 2 fully saturated rings. The zero-order valence-electron chi connectivity index (χ0n) is 20.1. The Morgan fingerprint density at radius 3 is 2.26 bits per heavy atom. The fourth-order valence-electron chi connectivity index (χ4n) is 4.66. The lowest BCUT2D eigenvalue weighted by Gasteiger charge is -2.36. The Morgan fingerprint density at radius 1 is 0.853 bits per heavy atom. The van der Waals surface area contributed by atoms with Crippen LogP contribution in [0.4, 0.5) is 5.69 Å². The fraction of sp³-hybridized carbons (Fsp3) is 0.481. The first-order valence-electron chi connectivity index (χ1n) is 12.3. The van der Waals surface area contributed by atoms with Gasteiger partial charge in [0.1, 0.15) is 5.75 Å². The van der Waals surface area contributed by atoms with Crippen molar-refractivity contribution in [2.75, 3.05) is 64.4 Å². The molecule has 2 aromatic carbocycles. The molecule has 0 aromatic heterocycles. The first-order chi connectivity index (χ1) is 16.6. The number of hydrogen-bond donors (Lipinski definition) is 0. The molecule has 7 nitrogen and oxygen atoms in total. The summed E-state index contributed by atoms with van der Waals surface area (Å²) in [5.41, 5.74) is 2.04. The van der Waals surface area contributed by atoms with E-state index in [1.54, 1.807) is 24.3 Å². The van der Waals surface area contributed by atoms with Crippen LogP contribution >= 0.6 is 0 Å². The van der Waals surface area contributed by atoms with Crippen LogP contribution in [0.3, 0.4) is 0 Å². The normalized spacial score (nSPS) is 16.9. The number of piperidine rings is 1. The molecule has 2 saturated heterocycles. The van der Waals surface area contributed by atoms with Gasteiger partial charge in [-0.05, 0) is 74.8 Å². The van der Waals surface area contributed by atoms with Gasteiger partial charge in [-0.3, -0.25) is 4.79 Å². The lowest BCUT2D eigenvalue weighted by Crippen LogP contribution is -2.48. The molecule has 0 radical (unpaired) electrons. The predicted octanol–water partition coefficient (Wildman–Crippen LogP) is 3.69. The minimum Gasteiger partial charge on any atom is -0.494 e. The van der Waals surface area contributed by atoms with E-state index in [9.17, 15) is 9.59 Å². The van der Waals surface area contributed by atoms with Gasteiger partial charge >= 0.3 is 5.97 Å². The summed E-state index contributed by atoms with van der Waals surface area (Å²) in [6.45, 7) is 7.12. The third-order valence-electron chi connectivity index (χ3n) is 6.64. The molecule has 0 spiro atoms. The third kappa shape index (κ3) is 6.29. The van der Waals surface area contributed by atoms with E-state index in [0.717, 1.165) is 44.1 Å². The number of anilines is 1. The van der Waals surface area contributed by atoms with Crippen molar-refractivity contribution in [3.63, 3.8) is 0 Å². The van der Waals surface area contributed by atoms with Gasteiger partial charge in [0, 0.05) is 44.0 Å². The van der Waals surface area contributed by atoms with Gasteiger partial charge in [0.25, 0.3) is 5.91 Å². The highest BCUT2D eigenvalue weighted by molar-refractivity contribution is 5.98. The van der Waals surface area contributed by atoms with Crippen LogP contribution in [0.2, 0.25) is 0 Å². The first kappa shape index (κ1) is 24.1. The summed E-state index contributed by atoms with van der Waals surface area (Å²) in [6.07, 6.45) is 5.08. The molecule has 4 rings (SSSR count). The minimum atomic E-state index is -0.436. The molecule has 0 unspecified atom stereocenters. The maximum atomic E-state index is 12.9. The maximum Gasteiger partial charge on any atom is 0.337 e. The van der Waals surface area contributed by atoms with Crippen LogP contribution in [-0.2, 0) is 4.74 Å². The number of methoxy groups -OCH3 is 1. The topological polar surface area (TPSA) is 62.3 Å². The number of hydrogen-bond acceptors (Lipinski definition) is 6. The van der Waals surface area contributed by atoms with Crippen LogP contribution in [-0.4, -0.2) is 81.2 Å². The first-order valence-corrected chi connectivity index (χ1v) is 12.3. The summed E-state index contributed by atoms with van der Waals surface area (Å²) < 4.78 is 10.7. The van der Waals surface area contributed by atoms with Crippen molar-refractivity contribution in [1.29, 1.82) is 0 Å². The second-order valence-corrected chi connectivity index (χ2v) is 8.95. The van der Waals surface area contributed by atoms with Crippen molar-refractivity contribution in [2.45, 2.75) is 25.7 Å². The van der Waals surface area contributed by atoms with Gasteiger partial charge in [-0.25, -0.2) is 4.79 Å². The Morgan fingerprint density at radius 2 is 1.56 bits per heavy atom. The van der Waals surface area contributed by atoms with Gasteiger partial charge in [0.05, 0.1) is 19.3 Å². The molecular weight excluding hydrogens is 430 g/mol. The average Bonchev–Trinajstić information content (AvgIpc) is 2.91. The van der Waals surface area contributed by atoms with Crippen LogP contribution in [0.5, 0.6) is 5.75 Å². The summed E-state index contributed by atoms with van der Waals surface area (Å²) in [7, 11) is 1.34. The van der Waals surface area contributed by atoms with Crippen LogP contribution in [0.1, 0.15) is 46.4 Å². The number of ether oxygens (including phenoxy) is 2. The van der Waals surface area contributed by atoms with Gasteiger partial charge in [-0.1, -0.05) is 12.5 Å². The quantitative estimate of drug-likeness (QED) is 0.438. The number of benzene rings is 2. The van der Waals surface area contributed by atoms with Crippen molar-refractivity contribution in [3.05, 3.63) is 59.7 Å². The molecular formula is C27H35N3O4. The zero-order chi connectivity index (χ0) is 23.8. The average molecular weight is 466 g/mol. The second kappa shape index (κ2) is 11.9. The molecule has 7 heteroatoms. The van der Waals surface area contributed by atoms with Crippen LogP contribution in [0.15, 0.2) is 48.5 Å². The van der Waals surface area contributed by atoms with Crippen molar-refractivity contribution in [1.82, 2.24) is 9.80 Å². The molecule has 2 aromatic rings. The van der Waals surface area contributed by atoms with E-state index in [1.165, 1.54) is 39.5 Å². The maximum absolute atomic E-state index is 12.9. The SMILES string of the molecule is COC(=O)c1cccc(C(=O)N2CCN(c3ccc(OCCCN4CCCCC4)cc3)CC2)c1. The highest BCUT2D eigenvalue weighted by Gasteiger charge is 2.23. The van der Waals surface area contributed by atoms with E-state index < -0.39 is 5.97 Å². The number of amides is 1. The summed E-state index contributed by atoms with van der Waals surface area (Å²) >= 11 is 0. The van der Waals surface area contributed by atoms with E-state index in [2.05, 4.69) is 21.9 Å². The van der Waals surface area contributed by atoms with Crippen LogP contribution < -0.4 is 9.64 Å². The van der Waals surface area contributed by atoms with Crippen LogP contribution in [0, 0.1) is 0 Å². The third-order valence-corrected chi connectivity index (χ3v) is 6.64. The number of carbonyl (C=O) groups excluding carboxylic acids is 2. The molecule has 0 atom stereocenters. The number of nitrogens with zero attached hydrogens (tertiary/aromatic N) is 3. The van der Waals surface area contributed by atoms with Crippen molar-refractivity contribution < 1.29 is 19.1 Å². The molecule has 0 N–H and O–H groups in total. The number of esters is 1. The molecule has 0 saturated carbocycles. The predicted molar refractivity (Wildman–Crippen MR) is 133 cm³/mol. The Balaban J connectivity index is 1.22. The Hall–Kier alpha value is -3.06. The monoisotopic (exact) mass is 465 g/mol. The second-order valence-electron chi connectivity index (χ2n) is 8.95. The van der Waals surface area contributed by atoms with Gasteiger partial charge in [0.15, 0.2) is 0 Å².